The van der Waals surface area contributed by atoms with Crippen molar-refractivity contribution in [1.82, 2.24) is 14.4 Å². The van der Waals surface area contributed by atoms with Gasteiger partial charge in [-0.3, -0.25) is 0 Å². The molecule has 1 N–H and O–H groups in total. The zero-order chi connectivity index (χ0) is 12.8. The molecule has 2 bridgehead atoms. The third-order valence-electron chi connectivity index (χ3n) is 3.96. The summed E-state index contributed by atoms with van der Waals surface area (Å²) in [5.74, 6) is 1.82. The van der Waals surface area contributed by atoms with E-state index in [0.717, 1.165) is 43.2 Å². The predicted octanol–water partition coefficient (Wildman–Crippen LogP) is 1.14. The number of fused-ring (bicyclic) bond motifs is 3. The van der Waals surface area contributed by atoms with Crippen LogP contribution in [-0.2, 0) is 4.74 Å². The molecule has 4 rings (SSSR count). The fourth-order valence-electron chi connectivity index (χ4n) is 3.04. The van der Waals surface area contributed by atoms with Crippen LogP contribution < -0.4 is 10.2 Å². The summed E-state index contributed by atoms with van der Waals surface area (Å²) in [6, 6.07) is 0. The Morgan fingerprint density at radius 1 is 1.32 bits per heavy atom. The zero-order valence-corrected chi connectivity index (χ0v) is 10.9. The smallest absolute Gasteiger partial charge is 0.180 e. The first-order valence-electron chi connectivity index (χ1n) is 6.75. The Morgan fingerprint density at radius 2 is 2.11 bits per heavy atom. The van der Waals surface area contributed by atoms with E-state index in [1.54, 1.807) is 0 Å². The summed E-state index contributed by atoms with van der Waals surface area (Å²) >= 11 is 0. The Balaban J connectivity index is 1.78. The molecule has 2 aliphatic rings. The van der Waals surface area contributed by atoms with Crippen molar-refractivity contribution in [2.75, 3.05) is 30.4 Å². The standard InChI is InChI=1S/C13H17N5O/c1-14-11-8-17-5-4-15-12(17)13(16-11)18-6-9-2-3-10(7-18)19-9/h4-5,8-10,14H,2-3,6-7H2,1H3. The Hall–Kier alpha value is -1.82. The zero-order valence-electron chi connectivity index (χ0n) is 10.9. The highest BCUT2D eigenvalue weighted by atomic mass is 16.5. The fourth-order valence-corrected chi connectivity index (χ4v) is 3.04. The maximum Gasteiger partial charge on any atom is 0.180 e. The lowest BCUT2D eigenvalue weighted by molar-refractivity contribution is 0.0303. The van der Waals surface area contributed by atoms with Gasteiger partial charge in [0.2, 0.25) is 0 Å². The van der Waals surface area contributed by atoms with Crippen LogP contribution in [0.5, 0.6) is 0 Å². The molecule has 2 aromatic rings. The predicted molar refractivity (Wildman–Crippen MR) is 72.6 cm³/mol. The minimum atomic E-state index is 0.355. The van der Waals surface area contributed by atoms with Crippen molar-refractivity contribution < 1.29 is 4.74 Å². The molecule has 2 aliphatic heterocycles. The Labute approximate surface area is 111 Å². The summed E-state index contributed by atoms with van der Waals surface area (Å²) in [5, 5.41) is 3.11. The number of nitrogens with one attached hydrogen (secondary N) is 1. The van der Waals surface area contributed by atoms with Crippen LogP contribution in [-0.4, -0.2) is 46.7 Å². The Bertz CT molecular complexity index is 598. The van der Waals surface area contributed by atoms with Crippen LogP contribution in [0.1, 0.15) is 12.8 Å². The lowest BCUT2D eigenvalue weighted by Crippen LogP contribution is -2.43. The highest BCUT2D eigenvalue weighted by molar-refractivity contribution is 5.67. The quantitative estimate of drug-likeness (QED) is 0.876. The largest absolute Gasteiger partial charge is 0.372 e. The summed E-state index contributed by atoms with van der Waals surface area (Å²) in [4.78, 5) is 11.4. The molecule has 0 spiro atoms. The van der Waals surface area contributed by atoms with Gasteiger partial charge in [-0.05, 0) is 12.8 Å². The highest BCUT2D eigenvalue weighted by Gasteiger charge is 2.35. The average molecular weight is 259 g/mol. The van der Waals surface area contributed by atoms with Gasteiger partial charge >= 0.3 is 0 Å². The number of hydrogen-bond donors (Lipinski definition) is 1. The first-order valence-corrected chi connectivity index (χ1v) is 6.75. The monoisotopic (exact) mass is 259 g/mol. The second-order valence-electron chi connectivity index (χ2n) is 5.22. The first kappa shape index (κ1) is 11.0. The van der Waals surface area contributed by atoms with Gasteiger partial charge in [0.25, 0.3) is 0 Å². The van der Waals surface area contributed by atoms with E-state index in [-0.39, 0.29) is 0 Å². The highest BCUT2D eigenvalue weighted by Crippen LogP contribution is 2.30. The van der Waals surface area contributed by atoms with E-state index in [2.05, 4.69) is 20.2 Å². The molecule has 2 atom stereocenters. The third-order valence-corrected chi connectivity index (χ3v) is 3.96. The molecule has 0 aromatic carbocycles. The van der Waals surface area contributed by atoms with Gasteiger partial charge in [-0.2, -0.15) is 0 Å². The second-order valence-corrected chi connectivity index (χ2v) is 5.22. The molecule has 2 aromatic heterocycles. The second kappa shape index (κ2) is 4.09. The summed E-state index contributed by atoms with van der Waals surface area (Å²) in [5.41, 5.74) is 0.917. The van der Waals surface area contributed by atoms with E-state index in [1.165, 1.54) is 0 Å². The molecule has 19 heavy (non-hydrogen) atoms. The van der Waals surface area contributed by atoms with Crippen molar-refractivity contribution in [3.63, 3.8) is 0 Å². The van der Waals surface area contributed by atoms with Crippen molar-refractivity contribution >= 4 is 17.3 Å². The number of hydrogen-bond acceptors (Lipinski definition) is 5. The molecule has 0 saturated carbocycles. The van der Waals surface area contributed by atoms with Crippen LogP contribution >= 0.6 is 0 Å². The molecule has 6 nitrogen and oxygen atoms in total. The molecule has 0 amide bonds. The van der Waals surface area contributed by atoms with Gasteiger partial charge in [0.05, 0.1) is 18.4 Å². The van der Waals surface area contributed by atoms with Gasteiger partial charge in [0.1, 0.15) is 5.82 Å². The van der Waals surface area contributed by atoms with Gasteiger partial charge in [-0.25, -0.2) is 9.97 Å². The molecular weight excluding hydrogens is 242 g/mol. The number of rotatable bonds is 2. The van der Waals surface area contributed by atoms with Crippen LogP contribution in [0, 0.1) is 0 Å². The molecule has 0 radical (unpaired) electrons. The molecule has 2 unspecified atom stereocenters. The van der Waals surface area contributed by atoms with Crippen molar-refractivity contribution in [1.29, 1.82) is 0 Å². The number of nitrogens with zero attached hydrogens (tertiary/aromatic N) is 4. The van der Waals surface area contributed by atoms with Crippen molar-refractivity contribution in [3.05, 3.63) is 18.6 Å². The Kier molecular flexibility index (Phi) is 2.38. The van der Waals surface area contributed by atoms with E-state index in [1.807, 2.05) is 30.0 Å². The van der Waals surface area contributed by atoms with E-state index in [0.29, 0.717) is 12.2 Å². The van der Waals surface area contributed by atoms with Crippen LogP contribution in [0.4, 0.5) is 11.6 Å². The molecule has 6 heteroatoms. The molecule has 2 saturated heterocycles. The lowest BCUT2D eigenvalue weighted by atomic mass is 10.2. The van der Waals surface area contributed by atoms with E-state index >= 15 is 0 Å². The SMILES string of the molecule is CNc1cn2ccnc2c(N2CC3CCC(C2)O3)n1. The van der Waals surface area contributed by atoms with E-state index < -0.39 is 0 Å². The van der Waals surface area contributed by atoms with E-state index in [9.17, 15) is 0 Å². The van der Waals surface area contributed by atoms with Crippen molar-refractivity contribution in [2.45, 2.75) is 25.0 Å². The van der Waals surface area contributed by atoms with Crippen LogP contribution in [0.25, 0.3) is 5.65 Å². The van der Waals surface area contributed by atoms with Gasteiger partial charge in [-0.15, -0.1) is 0 Å². The van der Waals surface area contributed by atoms with Gasteiger partial charge in [0, 0.05) is 32.5 Å². The molecular formula is C13H17N5O. The number of anilines is 2. The minimum Gasteiger partial charge on any atom is -0.372 e. The average Bonchev–Trinajstić information content (AvgIpc) is 3.03. The normalized spacial score (nSPS) is 26.1. The van der Waals surface area contributed by atoms with Crippen LogP contribution in [0.15, 0.2) is 18.6 Å². The summed E-state index contributed by atoms with van der Waals surface area (Å²) in [6.45, 7) is 1.83. The summed E-state index contributed by atoms with van der Waals surface area (Å²) in [6.07, 6.45) is 8.77. The van der Waals surface area contributed by atoms with Crippen molar-refractivity contribution in [2.24, 2.45) is 0 Å². The third kappa shape index (κ3) is 1.74. The summed E-state index contributed by atoms with van der Waals surface area (Å²) in [7, 11) is 1.89. The van der Waals surface area contributed by atoms with Crippen molar-refractivity contribution in [3.8, 4) is 0 Å². The maximum atomic E-state index is 5.89. The first-order chi connectivity index (χ1) is 9.33. The molecule has 100 valence electrons. The van der Waals surface area contributed by atoms with Crippen LogP contribution in [0.2, 0.25) is 0 Å². The molecule has 2 fully saturated rings. The lowest BCUT2D eigenvalue weighted by Gasteiger charge is -2.33. The number of morpholine rings is 1. The topological polar surface area (TPSA) is 54.7 Å². The summed E-state index contributed by atoms with van der Waals surface area (Å²) < 4.78 is 7.91. The number of imidazole rings is 1. The fraction of sp³-hybridized carbons (Fsp3) is 0.538. The van der Waals surface area contributed by atoms with Gasteiger partial charge < -0.3 is 19.4 Å². The number of aromatic nitrogens is 3. The van der Waals surface area contributed by atoms with Crippen LogP contribution in [0.3, 0.4) is 0 Å². The minimum absolute atomic E-state index is 0.355. The van der Waals surface area contributed by atoms with Gasteiger partial charge in [0.15, 0.2) is 11.5 Å². The Morgan fingerprint density at radius 3 is 2.84 bits per heavy atom. The molecule has 0 aliphatic carbocycles. The van der Waals surface area contributed by atoms with Gasteiger partial charge in [-0.1, -0.05) is 0 Å². The van der Waals surface area contributed by atoms with E-state index in [4.69, 9.17) is 4.74 Å². The number of ether oxygens (including phenoxy) is 1. The maximum absolute atomic E-state index is 5.89. The molecule has 4 heterocycles.